The number of rotatable bonds is 1. The highest BCUT2D eigenvalue weighted by molar-refractivity contribution is 5.63. The van der Waals surface area contributed by atoms with Gasteiger partial charge in [0.25, 0.3) is 0 Å². The van der Waals surface area contributed by atoms with Gasteiger partial charge < -0.3 is 19.9 Å². The van der Waals surface area contributed by atoms with Crippen LogP contribution in [0.25, 0.3) is 0 Å². The Morgan fingerprint density at radius 2 is 2.33 bits per heavy atom. The lowest BCUT2D eigenvalue weighted by molar-refractivity contribution is 0.0851. The fourth-order valence-corrected chi connectivity index (χ4v) is 4.11. The van der Waals surface area contributed by atoms with Crippen LogP contribution < -0.4 is 14.8 Å². The number of benzene rings is 1. The summed E-state index contributed by atoms with van der Waals surface area (Å²) in [6.45, 7) is 3.95. The summed E-state index contributed by atoms with van der Waals surface area (Å²) in [6.07, 6.45) is 5.33. The first-order valence-electron chi connectivity index (χ1n) is 7.61. The largest absolute Gasteiger partial charge is 0.493 e. The summed E-state index contributed by atoms with van der Waals surface area (Å²) in [5, 5.41) is 13.5. The molecule has 0 fully saturated rings. The van der Waals surface area contributed by atoms with Crippen molar-refractivity contribution in [1.82, 2.24) is 5.32 Å². The molecule has 0 aromatic heterocycles. The molecule has 4 heteroatoms. The maximum absolute atomic E-state index is 9.97. The molecule has 0 saturated heterocycles. The molecule has 1 aromatic rings. The molecular weight excluding hydrogens is 266 g/mol. The number of aryl methyl sites for hydroxylation is 1. The van der Waals surface area contributed by atoms with Gasteiger partial charge in [0.15, 0.2) is 11.5 Å². The van der Waals surface area contributed by atoms with Crippen molar-refractivity contribution >= 4 is 0 Å². The van der Waals surface area contributed by atoms with E-state index in [0.717, 1.165) is 31.0 Å². The molecule has 3 atom stereocenters. The maximum Gasteiger partial charge on any atom is 0.166 e. The normalized spacial score (nSPS) is 32.9. The second-order valence-electron chi connectivity index (χ2n) is 6.31. The third-order valence-electron chi connectivity index (χ3n) is 5.18. The molecule has 1 spiro atoms. The Balaban J connectivity index is 2.00. The van der Waals surface area contributed by atoms with E-state index in [1.165, 1.54) is 16.7 Å². The number of nitrogens with one attached hydrogen (secondary N) is 1. The van der Waals surface area contributed by atoms with Crippen LogP contribution in [-0.4, -0.2) is 31.0 Å². The van der Waals surface area contributed by atoms with Crippen molar-refractivity contribution in [3.63, 3.8) is 0 Å². The number of methoxy groups -OCH3 is 1. The van der Waals surface area contributed by atoms with Gasteiger partial charge in [0, 0.05) is 18.5 Å². The van der Waals surface area contributed by atoms with Gasteiger partial charge in [-0.3, -0.25) is 0 Å². The molecule has 4 nitrogen and oxygen atoms in total. The van der Waals surface area contributed by atoms with Gasteiger partial charge in [-0.2, -0.15) is 0 Å². The van der Waals surface area contributed by atoms with E-state index >= 15 is 0 Å². The van der Waals surface area contributed by atoms with Crippen molar-refractivity contribution in [2.75, 3.05) is 13.7 Å². The first kappa shape index (κ1) is 13.2. The van der Waals surface area contributed by atoms with E-state index in [9.17, 15) is 5.11 Å². The first-order chi connectivity index (χ1) is 10.2. The van der Waals surface area contributed by atoms with Crippen LogP contribution >= 0.6 is 0 Å². The fourth-order valence-electron chi connectivity index (χ4n) is 4.11. The second-order valence-corrected chi connectivity index (χ2v) is 6.31. The maximum atomic E-state index is 9.97. The predicted octanol–water partition coefficient (Wildman–Crippen LogP) is 1.82. The number of ether oxygens (including phenoxy) is 2. The molecule has 21 heavy (non-hydrogen) atoms. The number of hydrogen-bond donors (Lipinski definition) is 2. The van der Waals surface area contributed by atoms with Gasteiger partial charge >= 0.3 is 0 Å². The molecule has 2 heterocycles. The number of aliphatic hydroxyl groups is 1. The molecule has 1 aliphatic carbocycles. The molecule has 112 valence electrons. The zero-order chi connectivity index (χ0) is 14.6. The van der Waals surface area contributed by atoms with Crippen molar-refractivity contribution in [2.24, 2.45) is 0 Å². The van der Waals surface area contributed by atoms with Crippen LogP contribution in [0.4, 0.5) is 0 Å². The Hall–Kier alpha value is -1.52. The van der Waals surface area contributed by atoms with E-state index in [4.69, 9.17) is 9.47 Å². The van der Waals surface area contributed by atoms with Gasteiger partial charge in [-0.1, -0.05) is 12.2 Å². The molecule has 4 rings (SSSR count). The van der Waals surface area contributed by atoms with Crippen molar-refractivity contribution in [3.8, 4) is 11.5 Å². The molecule has 0 unspecified atom stereocenters. The van der Waals surface area contributed by atoms with E-state index < -0.39 is 6.10 Å². The van der Waals surface area contributed by atoms with E-state index in [2.05, 4.69) is 24.4 Å². The minimum atomic E-state index is -0.415. The summed E-state index contributed by atoms with van der Waals surface area (Å²) in [6, 6.07) is 2.06. The molecule has 0 bridgehead atoms. The Bertz CT molecular complexity index is 625. The molecule has 2 aliphatic heterocycles. The summed E-state index contributed by atoms with van der Waals surface area (Å²) < 4.78 is 11.8. The van der Waals surface area contributed by atoms with E-state index in [0.29, 0.717) is 6.42 Å². The van der Waals surface area contributed by atoms with E-state index in [1.54, 1.807) is 7.11 Å². The summed E-state index contributed by atoms with van der Waals surface area (Å²) in [5.41, 5.74) is 3.72. The average Bonchev–Trinajstić information content (AvgIpc) is 2.67. The highest BCUT2D eigenvalue weighted by atomic mass is 16.5. The molecule has 3 aliphatic rings. The third kappa shape index (κ3) is 1.69. The van der Waals surface area contributed by atoms with E-state index in [-0.39, 0.29) is 11.5 Å². The van der Waals surface area contributed by atoms with Crippen LogP contribution in [0.3, 0.4) is 0 Å². The SMILES string of the molecule is COc1cc(C)c2c3c1O[C@@H]1C[C@@H](O)C=C[C@]31CCNC2. The predicted molar refractivity (Wildman–Crippen MR) is 79.9 cm³/mol. The quantitative estimate of drug-likeness (QED) is 0.774. The van der Waals surface area contributed by atoms with Crippen molar-refractivity contribution in [2.45, 2.75) is 43.9 Å². The van der Waals surface area contributed by atoms with Gasteiger partial charge in [-0.15, -0.1) is 0 Å². The number of aliphatic hydroxyl groups excluding tert-OH is 1. The first-order valence-corrected chi connectivity index (χ1v) is 7.61. The summed E-state index contributed by atoms with van der Waals surface area (Å²) in [4.78, 5) is 0. The molecule has 2 N–H and O–H groups in total. The molecule has 0 saturated carbocycles. The topological polar surface area (TPSA) is 50.7 Å². The highest BCUT2D eigenvalue weighted by Crippen LogP contribution is 2.55. The fraction of sp³-hybridized carbons (Fsp3) is 0.529. The van der Waals surface area contributed by atoms with Crippen LogP contribution in [0.15, 0.2) is 18.2 Å². The zero-order valence-electron chi connectivity index (χ0n) is 12.5. The minimum Gasteiger partial charge on any atom is -0.493 e. The van der Waals surface area contributed by atoms with E-state index in [1.807, 2.05) is 6.08 Å². The molecule has 1 aromatic carbocycles. The van der Waals surface area contributed by atoms with Crippen LogP contribution in [0.5, 0.6) is 11.5 Å². The van der Waals surface area contributed by atoms with Gasteiger partial charge in [0.1, 0.15) is 6.10 Å². The molecular formula is C17H21NO3. The lowest BCUT2D eigenvalue weighted by atomic mass is 9.68. The highest BCUT2D eigenvalue weighted by Gasteiger charge is 2.52. The second kappa shape index (κ2) is 4.49. The average molecular weight is 287 g/mol. The Morgan fingerprint density at radius 1 is 1.48 bits per heavy atom. The zero-order valence-corrected chi connectivity index (χ0v) is 12.5. The Morgan fingerprint density at radius 3 is 3.14 bits per heavy atom. The van der Waals surface area contributed by atoms with Crippen LogP contribution in [0.2, 0.25) is 0 Å². The Kier molecular flexibility index (Phi) is 2.81. The smallest absolute Gasteiger partial charge is 0.166 e. The summed E-state index contributed by atoms with van der Waals surface area (Å²) >= 11 is 0. The van der Waals surface area contributed by atoms with Gasteiger partial charge in [-0.05, 0) is 37.1 Å². The monoisotopic (exact) mass is 287 g/mol. The summed E-state index contributed by atoms with van der Waals surface area (Å²) in [7, 11) is 1.69. The lowest BCUT2D eigenvalue weighted by Gasteiger charge is -2.35. The van der Waals surface area contributed by atoms with Gasteiger partial charge in [0.05, 0.1) is 18.6 Å². The lowest BCUT2D eigenvalue weighted by Crippen LogP contribution is -2.42. The van der Waals surface area contributed by atoms with Gasteiger partial charge in [0.2, 0.25) is 0 Å². The van der Waals surface area contributed by atoms with Gasteiger partial charge in [-0.25, -0.2) is 0 Å². The molecule has 0 radical (unpaired) electrons. The molecule has 0 amide bonds. The minimum absolute atomic E-state index is 0.00171. The van der Waals surface area contributed by atoms with Crippen LogP contribution in [0.1, 0.15) is 29.5 Å². The van der Waals surface area contributed by atoms with Crippen molar-refractivity contribution in [1.29, 1.82) is 0 Å². The van der Waals surface area contributed by atoms with Crippen molar-refractivity contribution in [3.05, 3.63) is 34.9 Å². The summed E-state index contributed by atoms with van der Waals surface area (Å²) in [5.74, 6) is 1.69. The van der Waals surface area contributed by atoms with Crippen LogP contribution in [0, 0.1) is 6.92 Å². The van der Waals surface area contributed by atoms with Crippen molar-refractivity contribution < 1.29 is 14.6 Å². The third-order valence-corrected chi connectivity index (χ3v) is 5.18. The standard InChI is InChI=1S/C17H21NO3/c1-10-7-13(20-2)16-15-12(10)9-18-6-5-17(15)4-3-11(19)8-14(17)21-16/h3-4,7,11,14,18-19H,5-6,8-9H2,1-2H3/t11-,14+,17+/m0/s1. The number of hydrogen-bond acceptors (Lipinski definition) is 4. The van der Waals surface area contributed by atoms with Crippen LogP contribution in [-0.2, 0) is 12.0 Å². The Labute approximate surface area is 124 Å².